The molecule has 0 saturated heterocycles. The highest BCUT2D eigenvalue weighted by Crippen LogP contribution is 2.07. The third-order valence-electron chi connectivity index (χ3n) is 1.08. The SMILES string of the molecule is CC=CC(=CC)C(=O)SC. The van der Waals surface area contributed by atoms with Crippen LogP contribution in [0.2, 0.25) is 0 Å². The first kappa shape index (κ1) is 9.50. The van der Waals surface area contributed by atoms with Gasteiger partial charge in [-0.15, -0.1) is 0 Å². The van der Waals surface area contributed by atoms with E-state index in [9.17, 15) is 4.79 Å². The molecule has 0 bridgehead atoms. The maximum Gasteiger partial charge on any atom is 0.218 e. The molecule has 0 radical (unpaired) electrons. The van der Waals surface area contributed by atoms with Crippen LogP contribution >= 0.6 is 11.8 Å². The molecule has 0 rings (SSSR count). The van der Waals surface area contributed by atoms with E-state index in [0.717, 1.165) is 5.57 Å². The summed E-state index contributed by atoms with van der Waals surface area (Å²) in [7, 11) is 0. The molecule has 0 amide bonds. The molecule has 0 aliphatic heterocycles. The number of thioether (sulfide) groups is 1. The molecule has 0 aromatic rings. The van der Waals surface area contributed by atoms with E-state index >= 15 is 0 Å². The molecule has 2 heteroatoms. The van der Waals surface area contributed by atoms with Crippen molar-refractivity contribution in [3.63, 3.8) is 0 Å². The summed E-state index contributed by atoms with van der Waals surface area (Å²) in [6.45, 7) is 3.76. The summed E-state index contributed by atoms with van der Waals surface area (Å²) in [5, 5.41) is 0.126. The lowest BCUT2D eigenvalue weighted by atomic mass is 10.2. The molecule has 56 valence electrons. The summed E-state index contributed by atoms with van der Waals surface area (Å²) >= 11 is 1.24. The van der Waals surface area contributed by atoms with Crippen molar-refractivity contribution >= 4 is 16.9 Å². The van der Waals surface area contributed by atoms with Crippen LogP contribution in [0.5, 0.6) is 0 Å². The van der Waals surface area contributed by atoms with Crippen molar-refractivity contribution in [2.75, 3.05) is 6.26 Å². The van der Waals surface area contributed by atoms with Crippen LogP contribution in [0.15, 0.2) is 23.8 Å². The summed E-state index contributed by atoms with van der Waals surface area (Å²) in [6, 6.07) is 0. The van der Waals surface area contributed by atoms with Crippen molar-refractivity contribution in [1.29, 1.82) is 0 Å². The Morgan fingerprint density at radius 1 is 1.40 bits per heavy atom. The molecule has 0 N–H and O–H groups in total. The summed E-state index contributed by atoms with van der Waals surface area (Å²) in [6.07, 6.45) is 7.29. The summed E-state index contributed by atoms with van der Waals surface area (Å²) in [5.74, 6) is 0. The van der Waals surface area contributed by atoms with Gasteiger partial charge in [0.25, 0.3) is 0 Å². The highest BCUT2D eigenvalue weighted by atomic mass is 32.2. The largest absolute Gasteiger partial charge is 0.282 e. The molecule has 0 fully saturated rings. The van der Waals surface area contributed by atoms with Crippen molar-refractivity contribution in [3.8, 4) is 0 Å². The van der Waals surface area contributed by atoms with Gasteiger partial charge >= 0.3 is 0 Å². The lowest BCUT2D eigenvalue weighted by molar-refractivity contribution is -0.107. The monoisotopic (exact) mass is 156 g/mol. The summed E-state index contributed by atoms with van der Waals surface area (Å²) in [4.78, 5) is 11.0. The van der Waals surface area contributed by atoms with Crippen LogP contribution in [-0.2, 0) is 4.79 Å². The number of allylic oxidation sites excluding steroid dienone is 3. The van der Waals surface area contributed by atoms with Gasteiger partial charge in [0, 0.05) is 5.57 Å². The van der Waals surface area contributed by atoms with Crippen LogP contribution in [0.25, 0.3) is 0 Å². The minimum absolute atomic E-state index is 0.126. The molecule has 0 atom stereocenters. The number of rotatable bonds is 2. The smallest absolute Gasteiger partial charge is 0.218 e. The molecule has 0 spiro atoms. The Kier molecular flexibility index (Phi) is 5.03. The fourth-order valence-corrected chi connectivity index (χ4v) is 1.00. The lowest BCUT2D eigenvalue weighted by Crippen LogP contribution is -1.91. The molecule has 10 heavy (non-hydrogen) atoms. The molecule has 0 aromatic carbocycles. The molecular formula is C8H12OS. The van der Waals surface area contributed by atoms with Crippen molar-refractivity contribution in [3.05, 3.63) is 23.8 Å². The molecule has 0 aromatic heterocycles. The number of carbonyl (C=O) groups excluding carboxylic acids is 1. The molecular weight excluding hydrogens is 144 g/mol. The molecule has 0 saturated carbocycles. The summed E-state index contributed by atoms with van der Waals surface area (Å²) in [5.41, 5.74) is 0.773. The Morgan fingerprint density at radius 3 is 2.30 bits per heavy atom. The summed E-state index contributed by atoms with van der Waals surface area (Å²) < 4.78 is 0. The van der Waals surface area contributed by atoms with E-state index in [2.05, 4.69) is 0 Å². The highest BCUT2D eigenvalue weighted by Gasteiger charge is 2.00. The normalized spacial score (nSPS) is 12.5. The quantitative estimate of drug-likeness (QED) is 0.451. The molecule has 1 nitrogen and oxygen atoms in total. The van der Waals surface area contributed by atoms with E-state index in [1.165, 1.54) is 11.8 Å². The molecule has 0 heterocycles. The third-order valence-corrected chi connectivity index (χ3v) is 1.68. The van der Waals surface area contributed by atoms with Gasteiger partial charge in [-0.2, -0.15) is 0 Å². The van der Waals surface area contributed by atoms with Crippen LogP contribution in [0.1, 0.15) is 13.8 Å². The highest BCUT2D eigenvalue weighted by molar-refractivity contribution is 8.13. The standard InChI is InChI=1S/C8H12OS/c1-4-6-7(5-2)8(9)10-3/h4-6H,1-3H3. The third kappa shape index (κ3) is 2.87. The van der Waals surface area contributed by atoms with Gasteiger partial charge in [0.15, 0.2) is 0 Å². The second-order valence-corrected chi connectivity index (χ2v) is 2.51. The fraction of sp³-hybridized carbons (Fsp3) is 0.375. The first-order valence-corrected chi connectivity index (χ1v) is 4.36. The van der Waals surface area contributed by atoms with E-state index < -0.39 is 0 Å². The van der Waals surface area contributed by atoms with E-state index in [0.29, 0.717) is 0 Å². The van der Waals surface area contributed by atoms with Crippen molar-refractivity contribution in [2.24, 2.45) is 0 Å². The van der Waals surface area contributed by atoms with Gasteiger partial charge in [-0.05, 0) is 20.1 Å². The van der Waals surface area contributed by atoms with Crippen molar-refractivity contribution < 1.29 is 4.79 Å². The van der Waals surface area contributed by atoms with Gasteiger partial charge in [0.1, 0.15) is 0 Å². The van der Waals surface area contributed by atoms with Crippen molar-refractivity contribution in [1.82, 2.24) is 0 Å². The zero-order chi connectivity index (χ0) is 7.98. The maximum atomic E-state index is 11.0. The Bertz CT molecular complexity index is 168. The van der Waals surface area contributed by atoms with Gasteiger partial charge in [0.2, 0.25) is 5.12 Å². The van der Waals surface area contributed by atoms with Gasteiger partial charge in [-0.3, -0.25) is 4.79 Å². The topological polar surface area (TPSA) is 17.1 Å². The van der Waals surface area contributed by atoms with E-state index in [4.69, 9.17) is 0 Å². The minimum Gasteiger partial charge on any atom is -0.282 e. The second kappa shape index (κ2) is 5.30. The predicted molar refractivity (Wildman–Crippen MR) is 47.1 cm³/mol. The van der Waals surface area contributed by atoms with E-state index in [1.807, 2.05) is 32.1 Å². The predicted octanol–water partition coefficient (Wildman–Crippen LogP) is 2.40. The Hall–Kier alpha value is -0.500. The zero-order valence-corrected chi connectivity index (χ0v) is 7.37. The number of hydrogen-bond donors (Lipinski definition) is 0. The Labute approximate surface area is 66.2 Å². The van der Waals surface area contributed by atoms with Crippen LogP contribution < -0.4 is 0 Å². The van der Waals surface area contributed by atoms with Gasteiger partial charge in [-0.25, -0.2) is 0 Å². The molecule has 0 unspecified atom stereocenters. The Balaban J connectivity index is 4.23. The number of hydrogen-bond acceptors (Lipinski definition) is 2. The van der Waals surface area contributed by atoms with Gasteiger partial charge in [-0.1, -0.05) is 30.0 Å². The van der Waals surface area contributed by atoms with E-state index in [1.54, 1.807) is 6.26 Å². The molecule has 0 aliphatic rings. The van der Waals surface area contributed by atoms with Crippen LogP contribution in [0.3, 0.4) is 0 Å². The Morgan fingerprint density at radius 2 is 2.00 bits per heavy atom. The average molecular weight is 156 g/mol. The first-order chi connectivity index (χ1) is 4.76. The van der Waals surface area contributed by atoms with Crippen LogP contribution in [0, 0.1) is 0 Å². The van der Waals surface area contributed by atoms with Gasteiger partial charge < -0.3 is 0 Å². The second-order valence-electron chi connectivity index (χ2n) is 1.74. The lowest BCUT2D eigenvalue weighted by Gasteiger charge is -1.93. The van der Waals surface area contributed by atoms with Crippen LogP contribution in [0.4, 0.5) is 0 Å². The number of carbonyl (C=O) groups is 1. The average Bonchev–Trinajstić information content (AvgIpc) is 1.99. The minimum atomic E-state index is 0.126. The first-order valence-electron chi connectivity index (χ1n) is 3.13. The van der Waals surface area contributed by atoms with Crippen LogP contribution in [-0.4, -0.2) is 11.4 Å². The molecule has 0 aliphatic carbocycles. The maximum absolute atomic E-state index is 11.0. The zero-order valence-electron chi connectivity index (χ0n) is 6.55. The fourth-order valence-electron chi connectivity index (χ4n) is 0.580. The van der Waals surface area contributed by atoms with Crippen molar-refractivity contribution in [2.45, 2.75) is 13.8 Å². The van der Waals surface area contributed by atoms with Gasteiger partial charge in [0.05, 0.1) is 0 Å². The van der Waals surface area contributed by atoms with E-state index in [-0.39, 0.29) is 5.12 Å².